The van der Waals surface area contributed by atoms with Gasteiger partial charge in [0.15, 0.2) is 0 Å². The van der Waals surface area contributed by atoms with Crippen LogP contribution in [-0.2, 0) is 25.7 Å². The van der Waals surface area contributed by atoms with Gasteiger partial charge in [-0.3, -0.25) is 29.3 Å². The lowest BCUT2D eigenvalue weighted by atomic mass is 9.97. The predicted molar refractivity (Wildman–Crippen MR) is 232 cm³/mol. The molecule has 4 aliphatic rings. The topological polar surface area (TPSA) is 189 Å². The highest BCUT2D eigenvalue weighted by atomic mass is 35.5. The summed E-state index contributed by atoms with van der Waals surface area (Å²) in [7, 11) is 0. The quantitative estimate of drug-likeness (QED) is 0.0849. The number of hydrogen-bond donors (Lipinski definition) is 5. The maximum absolute atomic E-state index is 14.0. The van der Waals surface area contributed by atoms with Crippen molar-refractivity contribution in [3.63, 3.8) is 0 Å². The second-order valence-electron chi connectivity index (χ2n) is 16.6. The van der Waals surface area contributed by atoms with Crippen LogP contribution in [0, 0.1) is 0 Å². The molecule has 7 rings (SSSR count). The molecule has 326 valence electrons. The zero-order chi connectivity index (χ0) is 42.9. The van der Waals surface area contributed by atoms with Crippen LogP contribution in [0.4, 0.5) is 11.5 Å². The number of aliphatic hydroxyl groups excluding tert-OH is 1. The van der Waals surface area contributed by atoms with E-state index in [9.17, 15) is 29.1 Å². The van der Waals surface area contributed by atoms with Crippen molar-refractivity contribution in [1.29, 1.82) is 0 Å². The minimum atomic E-state index is -0.626. The zero-order valence-corrected chi connectivity index (χ0v) is 35.7. The third-order valence-electron chi connectivity index (χ3n) is 12.4. The van der Waals surface area contributed by atoms with Crippen molar-refractivity contribution < 1.29 is 29.1 Å². The molecule has 5 N–H and O–H groups in total. The number of rotatable bonds is 19. The number of halogens is 1. The number of unbranched alkanes of at least 4 members (excludes halogenated alkanes) is 5. The highest BCUT2D eigenvalue weighted by molar-refractivity contribution is 6.30. The van der Waals surface area contributed by atoms with Crippen LogP contribution < -0.4 is 26.2 Å². The van der Waals surface area contributed by atoms with E-state index in [0.717, 1.165) is 73.3 Å². The average Bonchev–Trinajstić information content (AvgIpc) is 3.75. The summed E-state index contributed by atoms with van der Waals surface area (Å²) in [4.78, 5) is 78.3. The van der Waals surface area contributed by atoms with E-state index in [4.69, 9.17) is 11.6 Å². The minimum absolute atomic E-state index is 0.0172. The third kappa shape index (κ3) is 10.7. The maximum atomic E-state index is 14.0. The number of nitrogens with one attached hydrogen (secondary N) is 4. The van der Waals surface area contributed by atoms with Gasteiger partial charge in [-0.1, -0.05) is 62.4 Å². The Kier molecular flexibility index (Phi) is 14.9. The first-order chi connectivity index (χ1) is 29.6. The van der Waals surface area contributed by atoms with Crippen molar-refractivity contribution in [1.82, 2.24) is 35.7 Å². The van der Waals surface area contributed by atoms with Crippen molar-refractivity contribution in [2.75, 3.05) is 62.6 Å². The van der Waals surface area contributed by atoms with Crippen molar-refractivity contribution in [2.45, 2.75) is 102 Å². The van der Waals surface area contributed by atoms with Gasteiger partial charge in [-0.25, -0.2) is 9.97 Å². The molecular weight excluding hydrogens is 798 g/mol. The van der Waals surface area contributed by atoms with Crippen LogP contribution in [0.1, 0.15) is 122 Å². The van der Waals surface area contributed by atoms with Crippen molar-refractivity contribution in [2.24, 2.45) is 0 Å². The second-order valence-corrected chi connectivity index (χ2v) is 17.1. The molecule has 4 atom stereocenters. The van der Waals surface area contributed by atoms with E-state index < -0.39 is 24.0 Å². The molecule has 0 spiro atoms. The van der Waals surface area contributed by atoms with Gasteiger partial charge in [-0.15, -0.1) is 0 Å². The molecule has 0 radical (unpaired) electrons. The number of nitrogens with zero attached hydrogens (tertiary/aromatic N) is 5. The lowest BCUT2D eigenvalue weighted by Gasteiger charge is -2.38. The Morgan fingerprint density at radius 2 is 1.67 bits per heavy atom. The Labute approximate surface area is 362 Å². The van der Waals surface area contributed by atoms with E-state index in [1.807, 2.05) is 29.2 Å². The van der Waals surface area contributed by atoms with Crippen molar-refractivity contribution in [3.8, 4) is 0 Å². The van der Waals surface area contributed by atoms with Crippen LogP contribution >= 0.6 is 11.6 Å². The predicted octanol–water partition coefficient (Wildman–Crippen LogP) is 4.41. The minimum Gasteiger partial charge on any atom is -0.387 e. The number of piperidine rings is 1. The smallest absolute Gasteiger partial charge is 0.255 e. The van der Waals surface area contributed by atoms with Gasteiger partial charge in [0.1, 0.15) is 18.2 Å². The number of imide groups is 1. The Bertz CT molecular complexity index is 2060. The molecule has 2 saturated heterocycles. The van der Waals surface area contributed by atoms with E-state index in [1.165, 1.54) is 6.33 Å². The fraction of sp³-hybridized carbons (Fsp3) is 0.533. The maximum Gasteiger partial charge on any atom is 0.255 e. The molecule has 3 aliphatic heterocycles. The monoisotopic (exact) mass is 855 g/mol. The Balaban J connectivity index is 0.759. The molecule has 0 bridgehead atoms. The summed E-state index contributed by atoms with van der Waals surface area (Å²) in [5.74, 6) is -0.259. The van der Waals surface area contributed by atoms with Gasteiger partial charge in [0, 0.05) is 99.1 Å². The number of hydrogen-bond acceptors (Lipinski definition) is 11. The zero-order valence-electron chi connectivity index (χ0n) is 35.0. The van der Waals surface area contributed by atoms with E-state index in [0.29, 0.717) is 87.9 Å². The fourth-order valence-electron chi connectivity index (χ4n) is 9.05. The van der Waals surface area contributed by atoms with Gasteiger partial charge < -0.3 is 35.8 Å². The number of piperazine rings is 1. The van der Waals surface area contributed by atoms with Gasteiger partial charge >= 0.3 is 0 Å². The van der Waals surface area contributed by atoms with Crippen LogP contribution in [0.5, 0.6) is 0 Å². The molecule has 4 heterocycles. The summed E-state index contributed by atoms with van der Waals surface area (Å²) in [5, 5.41) is 23.3. The Morgan fingerprint density at radius 1 is 0.934 bits per heavy atom. The van der Waals surface area contributed by atoms with Gasteiger partial charge in [-0.2, -0.15) is 0 Å². The van der Waals surface area contributed by atoms with Gasteiger partial charge in [0.25, 0.3) is 5.91 Å². The standard InChI is InChI=1S/C45H58ClN9O6/c1-29-25-37(56)41-40(29)42(51-28-50-41)53-21-23-54(24-22-53)44(60)33(30-11-13-31(46)14-12-30)26-47-20-17-38(57)49-19-7-5-3-2-4-6-18-48-35-10-8-9-32-34(35)27-55(45(32)61)36-15-16-39(58)52-43(36)59/h8-14,28-29,33,36-37,47-48,56H,2-7,15-27H2,1H3,(H,49,57)(H,52,58,59)/t29-,33?,36?,37-/m1/s1. The first-order valence-corrected chi connectivity index (χ1v) is 22.3. The summed E-state index contributed by atoms with van der Waals surface area (Å²) in [6.07, 6.45) is 8.64. The largest absolute Gasteiger partial charge is 0.387 e. The van der Waals surface area contributed by atoms with Gasteiger partial charge in [0.2, 0.25) is 23.6 Å². The number of carbonyl (C=O) groups excluding carboxylic acids is 5. The molecule has 61 heavy (non-hydrogen) atoms. The lowest BCUT2D eigenvalue weighted by Crippen LogP contribution is -2.52. The van der Waals surface area contributed by atoms with Crippen molar-refractivity contribution >= 4 is 52.6 Å². The van der Waals surface area contributed by atoms with E-state index in [2.05, 4.69) is 43.1 Å². The van der Waals surface area contributed by atoms with Crippen LogP contribution in [0.2, 0.25) is 5.02 Å². The summed E-state index contributed by atoms with van der Waals surface area (Å²) in [6.45, 7) is 7.06. The first kappa shape index (κ1) is 44.0. The molecule has 0 saturated carbocycles. The molecular formula is C45H58ClN9O6. The molecule has 3 aromatic rings. The summed E-state index contributed by atoms with van der Waals surface area (Å²) in [6, 6.07) is 12.4. The normalized spacial score (nSPS) is 20.3. The molecule has 5 amide bonds. The fourth-order valence-corrected chi connectivity index (χ4v) is 9.18. The number of amides is 5. The third-order valence-corrected chi connectivity index (χ3v) is 12.7. The van der Waals surface area contributed by atoms with Crippen molar-refractivity contribution in [3.05, 3.63) is 81.8 Å². The van der Waals surface area contributed by atoms with Crippen LogP contribution in [0.15, 0.2) is 48.8 Å². The van der Waals surface area contributed by atoms with Crippen LogP contribution in [0.3, 0.4) is 0 Å². The average molecular weight is 856 g/mol. The second kappa shape index (κ2) is 20.6. The molecule has 15 nitrogen and oxygen atoms in total. The molecule has 2 fully saturated rings. The number of aliphatic hydroxyl groups is 1. The SMILES string of the molecule is C[C@@H]1C[C@@H](O)c2ncnc(N3CCN(C(=O)C(CNCCC(=O)NCCCCCCCCNc4cccc5c4CN(C4CCC(=O)NC4=O)C5=O)c4ccc(Cl)cc4)CC3)c21. The Morgan fingerprint density at radius 3 is 2.43 bits per heavy atom. The number of aromatic nitrogens is 2. The number of fused-ring (bicyclic) bond motifs is 2. The van der Waals surface area contributed by atoms with Crippen LogP contribution in [-0.4, -0.2) is 113 Å². The summed E-state index contributed by atoms with van der Waals surface area (Å²) < 4.78 is 0. The van der Waals surface area contributed by atoms with E-state index in [-0.39, 0.29) is 36.0 Å². The van der Waals surface area contributed by atoms with Gasteiger partial charge in [0.05, 0.1) is 17.7 Å². The highest BCUT2D eigenvalue weighted by Crippen LogP contribution is 2.43. The molecule has 2 aromatic carbocycles. The van der Waals surface area contributed by atoms with Gasteiger partial charge in [-0.05, 0) is 61.4 Å². The molecule has 1 aromatic heterocycles. The van der Waals surface area contributed by atoms with E-state index >= 15 is 0 Å². The number of anilines is 2. The summed E-state index contributed by atoms with van der Waals surface area (Å²) in [5.41, 5.74) is 5.01. The molecule has 1 aliphatic carbocycles. The van der Waals surface area contributed by atoms with E-state index in [1.54, 1.807) is 23.1 Å². The van der Waals surface area contributed by atoms with Crippen LogP contribution in [0.25, 0.3) is 0 Å². The highest BCUT2D eigenvalue weighted by Gasteiger charge is 2.40. The lowest BCUT2D eigenvalue weighted by molar-refractivity contribution is -0.137. The molecule has 2 unspecified atom stereocenters. The molecule has 16 heteroatoms. The number of benzene rings is 2. The number of carbonyl (C=O) groups is 5. The summed E-state index contributed by atoms with van der Waals surface area (Å²) >= 11 is 6.19. The first-order valence-electron chi connectivity index (χ1n) is 21.9. The Hall–Kier alpha value is -5.12.